The molecule has 5 heteroatoms. The highest BCUT2D eigenvalue weighted by Gasteiger charge is 2.29. The number of rotatable bonds is 4. The first-order valence-electron chi connectivity index (χ1n) is 6.81. The molecule has 110 valence electrons. The summed E-state index contributed by atoms with van der Waals surface area (Å²) < 4.78 is 13.2. The average Bonchev–Trinajstić information content (AvgIpc) is 2.92. The van der Waals surface area contributed by atoms with Crippen LogP contribution < -0.4 is 11.3 Å². The minimum Gasteiger partial charge on any atom is -0.271 e. The molecule has 0 saturated carbocycles. The Hall–Kier alpha value is -1.07. The first-order valence-corrected chi connectivity index (χ1v) is 8.17. The topological polar surface area (TPSA) is 38.0 Å². The van der Waals surface area contributed by atoms with Gasteiger partial charge in [0.2, 0.25) is 0 Å². The van der Waals surface area contributed by atoms with Crippen LogP contribution >= 0.6 is 23.4 Å². The van der Waals surface area contributed by atoms with Crippen LogP contribution in [0.5, 0.6) is 0 Å². The summed E-state index contributed by atoms with van der Waals surface area (Å²) in [7, 11) is 0. The van der Waals surface area contributed by atoms with Crippen LogP contribution in [0.3, 0.4) is 0 Å². The third-order valence-corrected chi connectivity index (χ3v) is 5.37. The highest BCUT2D eigenvalue weighted by Crippen LogP contribution is 2.41. The molecular formula is C16H16ClFN2S. The Balaban J connectivity index is 1.81. The Morgan fingerprint density at radius 2 is 2.14 bits per heavy atom. The molecule has 0 fully saturated rings. The number of halogens is 2. The molecule has 0 amide bonds. The van der Waals surface area contributed by atoms with Crippen molar-refractivity contribution in [3.05, 3.63) is 64.4 Å². The van der Waals surface area contributed by atoms with Gasteiger partial charge in [0, 0.05) is 22.6 Å². The molecule has 0 aromatic heterocycles. The van der Waals surface area contributed by atoms with E-state index in [1.54, 1.807) is 12.1 Å². The van der Waals surface area contributed by atoms with Crippen molar-refractivity contribution >= 4 is 23.4 Å². The minimum atomic E-state index is -0.389. The minimum absolute atomic E-state index is 0.0997. The van der Waals surface area contributed by atoms with Crippen LogP contribution in [0, 0.1) is 5.82 Å². The molecule has 0 saturated heterocycles. The predicted octanol–water partition coefficient (Wildman–Crippen LogP) is 3.74. The Morgan fingerprint density at radius 1 is 1.33 bits per heavy atom. The lowest BCUT2D eigenvalue weighted by molar-refractivity contribution is 0.463. The molecule has 2 aromatic carbocycles. The highest BCUT2D eigenvalue weighted by atomic mass is 35.5. The van der Waals surface area contributed by atoms with E-state index in [1.807, 2.05) is 11.8 Å². The number of nitrogens with one attached hydrogen (secondary N) is 1. The van der Waals surface area contributed by atoms with Crippen LogP contribution in [0.25, 0.3) is 0 Å². The quantitative estimate of drug-likeness (QED) is 0.665. The van der Waals surface area contributed by atoms with Crippen molar-refractivity contribution in [2.45, 2.75) is 23.3 Å². The molecule has 1 heterocycles. The van der Waals surface area contributed by atoms with Crippen LogP contribution in [-0.2, 0) is 6.42 Å². The number of benzene rings is 2. The molecule has 3 rings (SSSR count). The fourth-order valence-electron chi connectivity index (χ4n) is 2.76. The van der Waals surface area contributed by atoms with Gasteiger partial charge >= 0.3 is 0 Å². The van der Waals surface area contributed by atoms with E-state index < -0.39 is 0 Å². The molecule has 2 unspecified atom stereocenters. The van der Waals surface area contributed by atoms with E-state index in [2.05, 4.69) is 29.7 Å². The molecule has 0 aliphatic carbocycles. The molecule has 0 spiro atoms. The normalized spacial score (nSPS) is 18.5. The average molecular weight is 323 g/mol. The van der Waals surface area contributed by atoms with E-state index in [-0.39, 0.29) is 16.9 Å². The molecule has 2 nitrogen and oxygen atoms in total. The van der Waals surface area contributed by atoms with Gasteiger partial charge in [0.1, 0.15) is 5.82 Å². The monoisotopic (exact) mass is 322 g/mol. The highest BCUT2D eigenvalue weighted by molar-refractivity contribution is 7.99. The molecular weight excluding hydrogens is 307 g/mol. The fourth-order valence-corrected chi connectivity index (χ4v) is 4.29. The summed E-state index contributed by atoms with van der Waals surface area (Å²) >= 11 is 7.70. The van der Waals surface area contributed by atoms with E-state index in [1.165, 1.54) is 16.5 Å². The van der Waals surface area contributed by atoms with Crippen LogP contribution in [0.15, 0.2) is 47.4 Å². The molecule has 2 atom stereocenters. The van der Waals surface area contributed by atoms with E-state index in [4.69, 9.17) is 17.4 Å². The lowest BCUT2D eigenvalue weighted by Gasteiger charge is -2.23. The summed E-state index contributed by atoms with van der Waals surface area (Å²) in [5.41, 5.74) is 5.23. The Bertz CT molecular complexity index is 650. The molecule has 21 heavy (non-hydrogen) atoms. The van der Waals surface area contributed by atoms with Gasteiger partial charge in [0.15, 0.2) is 0 Å². The standard InChI is InChI=1S/C16H16ClFN2S/c17-13-7-10(5-6-14(13)18)8-15(20-19)12-9-21-16-4-2-1-3-11(12)16/h1-7,12,15,20H,8-9,19H2. The van der Waals surface area contributed by atoms with Crippen molar-refractivity contribution in [2.75, 3.05) is 5.75 Å². The molecule has 0 bridgehead atoms. The van der Waals surface area contributed by atoms with E-state index in [0.29, 0.717) is 5.92 Å². The Kier molecular flexibility index (Phi) is 4.50. The Morgan fingerprint density at radius 3 is 2.90 bits per heavy atom. The number of hydrogen-bond donors (Lipinski definition) is 2. The van der Waals surface area contributed by atoms with Gasteiger partial charge in [-0.3, -0.25) is 11.3 Å². The van der Waals surface area contributed by atoms with Gasteiger partial charge in [-0.05, 0) is 35.7 Å². The maximum absolute atomic E-state index is 13.2. The van der Waals surface area contributed by atoms with Crippen LogP contribution in [-0.4, -0.2) is 11.8 Å². The van der Waals surface area contributed by atoms with Crippen LogP contribution in [0.1, 0.15) is 17.0 Å². The van der Waals surface area contributed by atoms with Gasteiger partial charge < -0.3 is 0 Å². The van der Waals surface area contributed by atoms with Crippen molar-refractivity contribution in [1.82, 2.24) is 5.43 Å². The summed E-state index contributed by atoms with van der Waals surface area (Å²) in [6.07, 6.45) is 0.718. The number of thioether (sulfide) groups is 1. The Labute approximate surface area is 132 Å². The van der Waals surface area contributed by atoms with Gasteiger partial charge in [-0.25, -0.2) is 4.39 Å². The fraction of sp³-hybridized carbons (Fsp3) is 0.250. The smallest absolute Gasteiger partial charge is 0.141 e. The first-order chi connectivity index (χ1) is 10.2. The second-order valence-electron chi connectivity index (χ2n) is 5.18. The zero-order valence-corrected chi connectivity index (χ0v) is 12.9. The van der Waals surface area contributed by atoms with Crippen molar-refractivity contribution in [3.63, 3.8) is 0 Å². The first kappa shape index (κ1) is 14.9. The zero-order valence-electron chi connectivity index (χ0n) is 11.4. The van der Waals surface area contributed by atoms with Gasteiger partial charge in [-0.15, -0.1) is 11.8 Å². The second kappa shape index (κ2) is 6.36. The summed E-state index contributed by atoms with van der Waals surface area (Å²) in [5.74, 6) is 6.72. The molecule has 3 N–H and O–H groups in total. The van der Waals surface area contributed by atoms with Crippen LogP contribution in [0.4, 0.5) is 4.39 Å². The number of hydrazine groups is 1. The number of hydrogen-bond acceptors (Lipinski definition) is 3. The van der Waals surface area contributed by atoms with Gasteiger partial charge in [0.05, 0.1) is 5.02 Å². The molecule has 1 aliphatic rings. The number of fused-ring (bicyclic) bond motifs is 1. The van der Waals surface area contributed by atoms with E-state index in [0.717, 1.165) is 17.7 Å². The van der Waals surface area contributed by atoms with Crippen molar-refractivity contribution < 1.29 is 4.39 Å². The third kappa shape index (κ3) is 3.09. The SMILES string of the molecule is NNC(Cc1ccc(F)c(Cl)c1)C1CSc2ccccc21. The van der Waals surface area contributed by atoms with Gasteiger partial charge in [-0.1, -0.05) is 35.9 Å². The summed E-state index contributed by atoms with van der Waals surface area (Å²) in [5, 5.41) is 0.157. The van der Waals surface area contributed by atoms with Crippen molar-refractivity contribution in [3.8, 4) is 0 Å². The number of nitrogens with two attached hydrogens (primary N) is 1. The molecule has 2 aromatic rings. The van der Waals surface area contributed by atoms with Crippen molar-refractivity contribution in [2.24, 2.45) is 5.84 Å². The third-order valence-electron chi connectivity index (χ3n) is 3.88. The summed E-state index contributed by atoms with van der Waals surface area (Å²) in [6, 6.07) is 13.4. The van der Waals surface area contributed by atoms with E-state index >= 15 is 0 Å². The van der Waals surface area contributed by atoms with Gasteiger partial charge in [-0.2, -0.15) is 0 Å². The molecule has 1 aliphatic heterocycles. The predicted molar refractivity (Wildman–Crippen MR) is 86.1 cm³/mol. The maximum Gasteiger partial charge on any atom is 0.141 e. The van der Waals surface area contributed by atoms with Gasteiger partial charge in [0.25, 0.3) is 0 Å². The van der Waals surface area contributed by atoms with E-state index in [9.17, 15) is 4.39 Å². The summed E-state index contributed by atoms with van der Waals surface area (Å²) in [6.45, 7) is 0. The molecule has 0 radical (unpaired) electrons. The lowest BCUT2D eigenvalue weighted by atomic mass is 9.89. The zero-order chi connectivity index (χ0) is 14.8. The lowest BCUT2D eigenvalue weighted by Crippen LogP contribution is -2.41. The van der Waals surface area contributed by atoms with Crippen molar-refractivity contribution in [1.29, 1.82) is 0 Å². The second-order valence-corrected chi connectivity index (χ2v) is 6.65. The summed E-state index contributed by atoms with van der Waals surface area (Å²) in [4.78, 5) is 1.32. The maximum atomic E-state index is 13.2. The van der Waals surface area contributed by atoms with Crippen LogP contribution in [0.2, 0.25) is 5.02 Å². The largest absolute Gasteiger partial charge is 0.271 e.